The zero-order valence-corrected chi connectivity index (χ0v) is 12.7. The summed E-state index contributed by atoms with van der Waals surface area (Å²) in [4.78, 5) is 27.2. The molecule has 3 heterocycles. The number of aliphatic carboxylic acids is 1. The zero-order chi connectivity index (χ0) is 17.4. The van der Waals surface area contributed by atoms with Crippen molar-refractivity contribution in [1.29, 1.82) is 0 Å². The number of fused-ring (bicyclic) bond motifs is 1. The van der Waals surface area contributed by atoms with Crippen molar-refractivity contribution in [2.45, 2.75) is 6.54 Å². The lowest BCUT2D eigenvalue weighted by molar-refractivity contribution is -0.137. The van der Waals surface area contributed by atoms with E-state index in [1.807, 2.05) is 30.3 Å². The second-order valence-corrected chi connectivity index (χ2v) is 5.27. The molecule has 0 aliphatic rings. The monoisotopic (exact) mass is 337 g/mol. The van der Waals surface area contributed by atoms with Gasteiger partial charge in [0.25, 0.3) is 5.89 Å². The van der Waals surface area contributed by atoms with Crippen LogP contribution in [-0.4, -0.2) is 35.4 Å². The van der Waals surface area contributed by atoms with Crippen molar-refractivity contribution < 1.29 is 14.4 Å². The first kappa shape index (κ1) is 14.8. The fourth-order valence-corrected chi connectivity index (χ4v) is 2.43. The number of hydrogen-bond donors (Lipinski definition) is 1. The molecule has 0 amide bonds. The van der Waals surface area contributed by atoms with Gasteiger partial charge in [-0.3, -0.25) is 9.20 Å². The fourth-order valence-electron chi connectivity index (χ4n) is 2.43. The third-order valence-corrected chi connectivity index (χ3v) is 3.57. The highest BCUT2D eigenvalue weighted by atomic mass is 16.5. The van der Waals surface area contributed by atoms with Crippen LogP contribution in [0.25, 0.3) is 28.5 Å². The van der Waals surface area contributed by atoms with Crippen LogP contribution in [0.4, 0.5) is 0 Å². The topological polar surface area (TPSA) is 116 Å². The molecule has 4 rings (SSSR count). The molecule has 0 saturated heterocycles. The van der Waals surface area contributed by atoms with E-state index in [0.717, 1.165) is 10.2 Å². The molecule has 4 aromatic rings. The third-order valence-electron chi connectivity index (χ3n) is 3.57. The highest BCUT2D eigenvalue weighted by molar-refractivity contribution is 5.66. The minimum atomic E-state index is -1.14. The van der Waals surface area contributed by atoms with Crippen LogP contribution in [0.1, 0.15) is 0 Å². The van der Waals surface area contributed by atoms with Gasteiger partial charge < -0.3 is 9.63 Å². The number of rotatable bonds is 4. The Morgan fingerprint density at radius 2 is 1.96 bits per heavy atom. The van der Waals surface area contributed by atoms with E-state index in [-0.39, 0.29) is 5.89 Å². The van der Waals surface area contributed by atoms with Gasteiger partial charge in [0.2, 0.25) is 5.82 Å². The Kier molecular flexibility index (Phi) is 3.38. The highest BCUT2D eigenvalue weighted by Gasteiger charge is 2.14. The Balaban J connectivity index is 1.74. The number of hydrogen-bond acceptors (Lipinski definition) is 6. The van der Waals surface area contributed by atoms with Crippen molar-refractivity contribution in [3.63, 3.8) is 0 Å². The van der Waals surface area contributed by atoms with Gasteiger partial charge in [0.15, 0.2) is 5.65 Å². The molecule has 0 saturated carbocycles. The van der Waals surface area contributed by atoms with Gasteiger partial charge in [0, 0.05) is 17.3 Å². The first-order valence-electron chi connectivity index (χ1n) is 7.32. The Bertz CT molecular complexity index is 1130. The highest BCUT2D eigenvalue weighted by Crippen LogP contribution is 2.22. The van der Waals surface area contributed by atoms with Crippen LogP contribution < -0.4 is 5.69 Å². The maximum absolute atomic E-state index is 12.0. The summed E-state index contributed by atoms with van der Waals surface area (Å²) in [6.45, 7) is -0.505. The van der Waals surface area contributed by atoms with Crippen LogP contribution in [0.2, 0.25) is 0 Å². The number of carboxylic acids is 1. The van der Waals surface area contributed by atoms with Gasteiger partial charge >= 0.3 is 11.7 Å². The number of aromatic nitrogens is 5. The van der Waals surface area contributed by atoms with Gasteiger partial charge in [-0.05, 0) is 12.1 Å². The molecular formula is C16H11N5O4. The second-order valence-electron chi connectivity index (χ2n) is 5.27. The summed E-state index contributed by atoms with van der Waals surface area (Å²) in [6, 6.07) is 12.6. The molecule has 25 heavy (non-hydrogen) atoms. The molecule has 9 heteroatoms. The van der Waals surface area contributed by atoms with E-state index in [2.05, 4.69) is 15.2 Å². The largest absolute Gasteiger partial charge is 0.480 e. The first-order valence-corrected chi connectivity index (χ1v) is 7.32. The maximum atomic E-state index is 12.0. The predicted molar refractivity (Wildman–Crippen MR) is 85.8 cm³/mol. The average Bonchev–Trinajstić information content (AvgIpc) is 3.21. The van der Waals surface area contributed by atoms with Crippen molar-refractivity contribution in [3.05, 3.63) is 59.1 Å². The van der Waals surface area contributed by atoms with E-state index in [1.165, 1.54) is 10.6 Å². The van der Waals surface area contributed by atoms with E-state index in [4.69, 9.17) is 9.63 Å². The molecule has 0 atom stereocenters. The summed E-state index contributed by atoms with van der Waals surface area (Å²) in [6.07, 6.45) is 1.49. The van der Waals surface area contributed by atoms with Gasteiger partial charge in [0.1, 0.15) is 6.54 Å². The minimum absolute atomic E-state index is 0.279. The summed E-state index contributed by atoms with van der Waals surface area (Å²) in [5.74, 6) is -0.416. The minimum Gasteiger partial charge on any atom is -0.480 e. The van der Waals surface area contributed by atoms with Crippen molar-refractivity contribution in [1.82, 2.24) is 24.3 Å². The molecule has 0 aliphatic heterocycles. The first-order chi connectivity index (χ1) is 12.1. The van der Waals surface area contributed by atoms with Gasteiger partial charge in [-0.25, -0.2) is 9.48 Å². The summed E-state index contributed by atoms with van der Waals surface area (Å²) in [7, 11) is 0. The molecule has 0 spiro atoms. The van der Waals surface area contributed by atoms with Crippen molar-refractivity contribution in [2.75, 3.05) is 0 Å². The lowest BCUT2D eigenvalue weighted by atomic mass is 10.2. The molecule has 0 radical (unpaired) electrons. The molecule has 1 N–H and O–H groups in total. The lowest BCUT2D eigenvalue weighted by Crippen LogP contribution is -2.24. The van der Waals surface area contributed by atoms with Crippen LogP contribution in [-0.2, 0) is 11.3 Å². The van der Waals surface area contributed by atoms with Gasteiger partial charge in [-0.1, -0.05) is 35.5 Å². The summed E-state index contributed by atoms with van der Waals surface area (Å²) < 4.78 is 7.41. The zero-order valence-electron chi connectivity index (χ0n) is 12.7. The molecule has 9 nitrogen and oxygen atoms in total. The number of carboxylic acid groups (broad SMARTS) is 1. The molecule has 0 aliphatic carbocycles. The van der Waals surface area contributed by atoms with Crippen LogP contribution in [0, 0.1) is 0 Å². The van der Waals surface area contributed by atoms with Crippen LogP contribution in [0.15, 0.2) is 58.0 Å². The van der Waals surface area contributed by atoms with Crippen molar-refractivity contribution in [2.24, 2.45) is 0 Å². The van der Waals surface area contributed by atoms with Gasteiger partial charge in [-0.2, -0.15) is 4.98 Å². The number of pyridine rings is 1. The number of benzene rings is 1. The molecular weight excluding hydrogens is 326 g/mol. The maximum Gasteiger partial charge on any atom is 0.350 e. The summed E-state index contributed by atoms with van der Waals surface area (Å²) in [5, 5.41) is 16.8. The normalized spacial score (nSPS) is 11.0. The molecule has 3 aromatic heterocycles. The summed E-state index contributed by atoms with van der Waals surface area (Å²) in [5.41, 5.74) is 1.16. The smallest absolute Gasteiger partial charge is 0.350 e. The number of nitrogens with zero attached hydrogens (tertiary/aromatic N) is 5. The van der Waals surface area contributed by atoms with E-state index in [0.29, 0.717) is 17.0 Å². The Morgan fingerprint density at radius 3 is 2.72 bits per heavy atom. The van der Waals surface area contributed by atoms with Crippen LogP contribution in [0.5, 0.6) is 0 Å². The predicted octanol–water partition coefficient (Wildman–Crippen LogP) is 1.30. The molecule has 1 aromatic carbocycles. The molecule has 124 valence electrons. The van der Waals surface area contributed by atoms with Crippen molar-refractivity contribution >= 4 is 11.6 Å². The Morgan fingerprint density at radius 1 is 1.16 bits per heavy atom. The third kappa shape index (κ3) is 2.67. The van der Waals surface area contributed by atoms with Gasteiger partial charge in [-0.15, -0.1) is 5.10 Å². The van der Waals surface area contributed by atoms with E-state index < -0.39 is 18.2 Å². The quantitative estimate of drug-likeness (QED) is 0.596. The van der Waals surface area contributed by atoms with Crippen molar-refractivity contribution in [3.8, 4) is 22.8 Å². The van der Waals surface area contributed by atoms with E-state index in [9.17, 15) is 9.59 Å². The molecule has 0 fully saturated rings. The molecule has 0 bridgehead atoms. The summed E-state index contributed by atoms with van der Waals surface area (Å²) >= 11 is 0. The Hall–Kier alpha value is -3.75. The second kappa shape index (κ2) is 5.71. The average molecular weight is 337 g/mol. The standard InChI is InChI=1S/C16H11N5O4/c22-13(23)9-21-16(24)20-7-6-11(8-12(20)18-21)15-17-14(19-25-15)10-4-2-1-3-5-10/h1-8H,9H2,(H,22,23). The van der Waals surface area contributed by atoms with Crippen LogP contribution in [0.3, 0.4) is 0 Å². The number of carbonyl (C=O) groups is 1. The lowest BCUT2D eigenvalue weighted by Gasteiger charge is -1.94. The van der Waals surface area contributed by atoms with E-state index >= 15 is 0 Å². The van der Waals surface area contributed by atoms with Crippen LogP contribution >= 0.6 is 0 Å². The molecule has 0 unspecified atom stereocenters. The van der Waals surface area contributed by atoms with Gasteiger partial charge in [0.05, 0.1) is 0 Å². The Labute approximate surface area is 139 Å². The van der Waals surface area contributed by atoms with E-state index in [1.54, 1.807) is 12.1 Å². The SMILES string of the molecule is O=C(O)Cn1nc2cc(-c3nc(-c4ccccc4)no3)ccn2c1=O. The fraction of sp³-hybridized carbons (Fsp3) is 0.0625.